The number of rotatable bonds is 5. The van der Waals surface area contributed by atoms with E-state index in [0.29, 0.717) is 6.61 Å². The van der Waals surface area contributed by atoms with Crippen molar-refractivity contribution in [1.82, 2.24) is 5.32 Å². The van der Waals surface area contributed by atoms with Crippen LogP contribution in [0.1, 0.15) is 27.7 Å². The van der Waals surface area contributed by atoms with Crippen molar-refractivity contribution in [1.29, 1.82) is 0 Å². The Morgan fingerprint density at radius 3 is 2.12 bits per heavy atom. The monoisotopic (exact) mass is 231 g/mol. The number of amides is 1. The molecule has 0 rings (SSSR count). The number of ether oxygens (including phenoxy) is 2. The molecular formula is C11H21NO4. The molecule has 0 aromatic carbocycles. The van der Waals surface area contributed by atoms with E-state index in [1.165, 1.54) is 7.11 Å². The molecule has 0 heterocycles. The van der Waals surface area contributed by atoms with Gasteiger partial charge >= 0.3 is 12.1 Å². The number of hydrogen-bond acceptors (Lipinski definition) is 4. The lowest BCUT2D eigenvalue weighted by atomic mass is 10.1. The average Bonchev–Trinajstić information content (AvgIpc) is 2.21. The Hall–Kier alpha value is -1.26. The highest BCUT2D eigenvalue weighted by atomic mass is 16.5. The maximum absolute atomic E-state index is 11.6. The molecule has 0 spiro atoms. The Morgan fingerprint density at radius 2 is 1.75 bits per heavy atom. The number of nitrogens with one attached hydrogen (secondary N) is 1. The third-order valence-electron chi connectivity index (χ3n) is 1.94. The van der Waals surface area contributed by atoms with E-state index in [9.17, 15) is 9.59 Å². The van der Waals surface area contributed by atoms with Gasteiger partial charge in [-0.15, -0.1) is 0 Å². The summed E-state index contributed by atoms with van der Waals surface area (Å²) in [5.41, 5.74) is 0. The highest BCUT2D eigenvalue weighted by molar-refractivity contribution is 5.81. The van der Waals surface area contributed by atoms with E-state index in [-0.39, 0.29) is 11.8 Å². The first-order valence-electron chi connectivity index (χ1n) is 5.39. The number of alkyl carbamates (subject to hydrolysis) is 1. The molecule has 0 aliphatic carbocycles. The van der Waals surface area contributed by atoms with Gasteiger partial charge in [-0.2, -0.15) is 0 Å². The molecule has 1 amide bonds. The summed E-state index contributed by atoms with van der Waals surface area (Å²) in [5.74, 6) is -0.192. The van der Waals surface area contributed by atoms with Crippen molar-refractivity contribution < 1.29 is 19.1 Å². The van der Waals surface area contributed by atoms with E-state index >= 15 is 0 Å². The van der Waals surface area contributed by atoms with Crippen molar-refractivity contribution in [2.24, 2.45) is 11.8 Å². The Kier molecular flexibility index (Phi) is 6.53. The van der Waals surface area contributed by atoms with Gasteiger partial charge in [-0.1, -0.05) is 27.7 Å². The molecule has 0 bridgehead atoms. The molecule has 5 heteroatoms. The second-order valence-corrected chi connectivity index (χ2v) is 4.38. The molecule has 1 N–H and O–H groups in total. The minimum Gasteiger partial charge on any atom is -0.464 e. The van der Waals surface area contributed by atoms with Crippen LogP contribution >= 0.6 is 0 Å². The second-order valence-electron chi connectivity index (χ2n) is 4.38. The van der Waals surface area contributed by atoms with Crippen LogP contribution < -0.4 is 5.32 Å². The van der Waals surface area contributed by atoms with Crippen molar-refractivity contribution in [3.8, 4) is 0 Å². The van der Waals surface area contributed by atoms with Crippen molar-refractivity contribution >= 4 is 12.1 Å². The van der Waals surface area contributed by atoms with Crippen LogP contribution in [0, 0.1) is 11.8 Å². The minimum atomic E-state index is -0.661. The fourth-order valence-electron chi connectivity index (χ4n) is 1.02. The molecule has 16 heavy (non-hydrogen) atoms. The first-order valence-corrected chi connectivity index (χ1v) is 5.39. The van der Waals surface area contributed by atoms with Gasteiger partial charge < -0.3 is 14.8 Å². The molecule has 0 aliphatic heterocycles. The van der Waals surface area contributed by atoms with Crippen LogP contribution in [-0.4, -0.2) is 31.8 Å². The number of carbonyl (C=O) groups excluding carboxylic acids is 2. The predicted molar refractivity (Wildman–Crippen MR) is 60.0 cm³/mol. The molecule has 1 unspecified atom stereocenters. The maximum Gasteiger partial charge on any atom is 0.407 e. The lowest BCUT2D eigenvalue weighted by Crippen LogP contribution is -2.45. The summed E-state index contributed by atoms with van der Waals surface area (Å²) in [6.07, 6.45) is -0.625. The summed E-state index contributed by atoms with van der Waals surface area (Å²) in [4.78, 5) is 22.7. The number of methoxy groups -OCH3 is 1. The molecule has 1 atom stereocenters. The van der Waals surface area contributed by atoms with Gasteiger partial charge in [-0.3, -0.25) is 0 Å². The van der Waals surface area contributed by atoms with E-state index in [0.717, 1.165) is 0 Å². The first-order chi connectivity index (χ1) is 7.38. The number of hydrogen-bond donors (Lipinski definition) is 1. The van der Waals surface area contributed by atoms with Gasteiger partial charge in [0.15, 0.2) is 0 Å². The van der Waals surface area contributed by atoms with Crippen LogP contribution in [-0.2, 0) is 14.3 Å². The zero-order valence-electron chi connectivity index (χ0n) is 10.6. The molecular weight excluding hydrogens is 210 g/mol. The zero-order valence-corrected chi connectivity index (χ0v) is 10.6. The summed E-state index contributed by atoms with van der Waals surface area (Å²) in [7, 11) is 1.26. The molecule has 0 saturated carbocycles. The van der Waals surface area contributed by atoms with E-state index in [1.807, 2.05) is 27.7 Å². The smallest absolute Gasteiger partial charge is 0.407 e. The topological polar surface area (TPSA) is 64.6 Å². The molecule has 0 saturated heterocycles. The SMILES string of the molecule is COC(=O)NC(C(=O)OCC(C)C)C(C)C. The Morgan fingerprint density at radius 1 is 1.19 bits per heavy atom. The van der Waals surface area contributed by atoms with Crippen molar-refractivity contribution in [2.75, 3.05) is 13.7 Å². The molecule has 0 aliphatic rings. The standard InChI is InChI=1S/C11H21NO4/c1-7(2)6-16-10(13)9(8(3)4)12-11(14)15-5/h7-9H,6H2,1-5H3,(H,12,14). The van der Waals surface area contributed by atoms with Crippen LogP contribution in [0.15, 0.2) is 0 Å². The quantitative estimate of drug-likeness (QED) is 0.729. The lowest BCUT2D eigenvalue weighted by Gasteiger charge is -2.20. The summed E-state index contributed by atoms with van der Waals surface area (Å²) in [6.45, 7) is 7.91. The van der Waals surface area contributed by atoms with Crippen LogP contribution in [0.3, 0.4) is 0 Å². The third-order valence-corrected chi connectivity index (χ3v) is 1.94. The third kappa shape index (κ3) is 5.58. The summed E-state index contributed by atoms with van der Waals surface area (Å²) < 4.78 is 9.51. The summed E-state index contributed by atoms with van der Waals surface area (Å²) >= 11 is 0. The molecule has 0 aromatic rings. The van der Waals surface area contributed by atoms with Crippen LogP contribution in [0.4, 0.5) is 4.79 Å². The van der Waals surface area contributed by atoms with Crippen molar-refractivity contribution in [2.45, 2.75) is 33.7 Å². The van der Waals surface area contributed by atoms with Crippen molar-refractivity contribution in [3.63, 3.8) is 0 Å². The van der Waals surface area contributed by atoms with Gasteiger partial charge in [0, 0.05) is 0 Å². The van der Waals surface area contributed by atoms with Gasteiger partial charge in [-0.05, 0) is 11.8 Å². The molecule has 5 nitrogen and oxygen atoms in total. The second kappa shape index (κ2) is 7.09. The highest BCUT2D eigenvalue weighted by Gasteiger charge is 2.26. The average molecular weight is 231 g/mol. The predicted octanol–water partition coefficient (Wildman–Crippen LogP) is 1.57. The van der Waals surface area contributed by atoms with Crippen LogP contribution in [0.25, 0.3) is 0 Å². The molecule has 0 aromatic heterocycles. The molecule has 94 valence electrons. The highest BCUT2D eigenvalue weighted by Crippen LogP contribution is 2.05. The summed E-state index contributed by atoms with van der Waals surface area (Å²) in [6, 6.07) is -0.661. The van der Waals surface area contributed by atoms with Crippen LogP contribution in [0.2, 0.25) is 0 Å². The normalized spacial score (nSPS) is 12.4. The van der Waals surface area contributed by atoms with Gasteiger partial charge in [0.2, 0.25) is 0 Å². The maximum atomic E-state index is 11.6. The molecule has 0 fully saturated rings. The Balaban J connectivity index is 4.30. The summed E-state index contributed by atoms with van der Waals surface area (Å²) in [5, 5.41) is 2.45. The zero-order chi connectivity index (χ0) is 12.7. The Bertz CT molecular complexity index is 238. The van der Waals surface area contributed by atoms with E-state index in [4.69, 9.17) is 4.74 Å². The number of carbonyl (C=O) groups is 2. The van der Waals surface area contributed by atoms with Crippen molar-refractivity contribution in [3.05, 3.63) is 0 Å². The lowest BCUT2D eigenvalue weighted by molar-refractivity contribution is -0.148. The minimum absolute atomic E-state index is 0.0428. The largest absolute Gasteiger partial charge is 0.464 e. The Labute approximate surface area is 96.5 Å². The molecule has 0 radical (unpaired) electrons. The van der Waals surface area contributed by atoms with Gasteiger partial charge in [0.25, 0.3) is 0 Å². The van der Waals surface area contributed by atoms with E-state index in [2.05, 4.69) is 10.1 Å². The fourth-order valence-corrected chi connectivity index (χ4v) is 1.02. The van der Waals surface area contributed by atoms with Gasteiger partial charge in [-0.25, -0.2) is 9.59 Å². The first kappa shape index (κ1) is 14.7. The van der Waals surface area contributed by atoms with Gasteiger partial charge in [0.1, 0.15) is 6.04 Å². The van der Waals surface area contributed by atoms with E-state index in [1.54, 1.807) is 0 Å². The fraction of sp³-hybridized carbons (Fsp3) is 0.818. The van der Waals surface area contributed by atoms with Gasteiger partial charge in [0.05, 0.1) is 13.7 Å². The van der Waals surface area contributed by atoms with Crippen LogP contribution in [0.5, 0.6) is 0 Å². The van der Waals surface area contributed by atoms with E-state index < -0.39 is 18.1 Å². The number of esters is 1.